The van der Waals surface area contributed by atoms with Crippen LogP contribution < -0.4 is 10.6 Å². The van der Waals surface area contributed by atoms with Crippen molar-refractivity contribution in [3.8, 4) is 0 Å². The molecule has 0 amide bonds. The van der Waals surface area contributed by atoms with Crippen LogP contribution in [0.5, 0.6) is 0 Å². The van der Waals surface area contributed by atoms with Crippen molar-refractivity contribution in [1.82, 2.24) is 20.4 Å². The molecule has 1 aliphatic heterocycles. The van der Waals surface area contributed by atoms with Crippen molar-refractivity contribution in [2.75, 3.05) is 40.3 Å². The van der Waals surface area contributed by atoms with Gasteiger partial charge in [-0.15, -0.1) is 0 Å². The molecule has 1 aromatic carbocycles. The SMILES string of the molecule is CN(C)CCCNC(=S)NC1CCN(Cc2ccccc2)CC1. The van der Waals surface area contributed by atoms with E-state index in [1.807, 2.05) is 0 Å². The maximum absolute atomic E-state index is 5.40. The quantitative estimate of drug-likeness (QED) is 0.589. The summed E-state index contributed by atoms with van der Waals surface area (Å²) in [4.78, 5) is 4.72. The summed E-state index contributed by atoms with van der Waals surface area (Å²) in [6, 6.07) is 11.2. The van der Waals surface area contributed by atoms with Crippen LogP contribution >= 0.6 is 12.2 Å². The fourth-order valence-corrected chi connectivity index (χ4v) is 3.18. The molecule has 5 heteroatoms. The number of rotatable bonds is 7. The van der Waals surface area contributed by atoms with Crippen molar-refractivity contribution >= 4 is 17.3 Å². The lowest BCUT2D eigenvalue weighted by molar-refractivity contribution is 0.199. The minimum atomic E-state index is 0.510. The number of thiocarbonyl (C=S) groups is 1. The highest BCUT2D eigenvalue weighted by molar-refractivity contribution is 7.80. The Morgan fingerprint density at radius 3 is 2.57 bits per heavy atom. The largest absolute Gasteiger partial charge is 0.363 e. The molecule has 1 saturated heterocycles. The van der Waals surface area contributed by atoms with Crippen molar-refractivity contribution in [1.29, 1.82) is 0 Å². The topological polar surface area (TPSA) is 30.5 Å². The lowest BCUT2D eigenvalue weighted by atomic mass is 10.0. The molecule has 0 bridgehead atoms. The standard InChI is InChI=1S/C18H30N4S/c1-21(2)12-6-11-19-18(23)20-17-9-13-22(14-10-17)15-16-7-4-3-5-8-16/h3-5,7-8,17H,6,9-15H2,1-2H3,(H2,19,20,23). The zero-order valence-electron chi connectivity index (χ0n) is 14.4. The monoisotopic (exact) mass is 334 g/mol. The van der Waals surface area contributed by atoms with Crippen LogP contribution in [-0.4, -0.2) is 61.2 Å². The third kappa shape index (κ3) is 7.29. The predicted molar refractivity (Wildman–Crippen MR) is 102 cm³/mol. The molecule has 0 radical (unpaired) electrons. The van der Waals surface area contributed by atoms with Gasteiger partial charge in [0.25, 0.3) is 0 Å². The minimum absolute atomic E-state index is 0.510. The smallest absolute Gasteiger partial charge is 0.166 e. The Kier molecular flexibility index (Phi) is 7.79. The summed E-state index contributed by atoms with van der Waals surface area (Å²) in [7, 11) is 4.19. The van der Waals surface area contributed by atoms with E-state index in [9.17, 15) is 0 Å². The van der Waals surface area contributed by atoms with Gasteiger partial charge in [0.05, 0.1) is 0 Å². The molecule has 0 saturated carbocycles. The van der Waals surface area contributed by atoms with Crippen LogP contribution in [0.3, 0.4) is 0 Å². The molecule has 1 aliphatic rings. The maximum atomic E-state index is 5.40. The van der Waals surface area contributed by atoms with Gasteiger partial charge in [-0.2, -0.15) is 0 Å². The molecule has 23 heavy (non-hydrogen) atoms. The average Bonchev–Trinajstić information content (AvgIpc) is 2.54. The highest BCUT2D eigenvalue weighted by Crippen LogP contribution is 2.13. The number of nitrogens with zero attached hydrogens (tertiary/aromatic N) is 2. The highest BCUT2D eigenvalue weighted by atomic mass is 32.1. The summed E-state index contributed by atoms with van der Waals surface area (Å²) in [5.41, 5.74) is 1.40. The van der Waals surface area contributed by atoms with Gasteiger partial charge < -0.3 is 15.5 Å². The summed E-state index contributed by atoms with van der Waals surface area (Å²) in [6.45, 7) is 5.36. The van der Waals surface area contributed by atoms with E-state index in [-0.39, 0.29) is 0 Å². The van der Waals surface area contributed by atoms with Gasteiger partial charge in [-0.25, -0.2) is 0 Å². The van der Waals surface area contributed by atoms with E-state index in [1.165, 1.54) is 5.56 Å². The van der Waals surface area contributed by atoms with E-state index < -0.39 is 0 Å². The van der Waals surface area contributed by atoms with Crippen LogP contribution in [0.2, 0.25) is 0 Å². The number of likely N-dealkylation sites (tertiary alicyclic amines) is 1. The first-order valence-corrected chi connectivity index (χ1v) is 8.99. The summed E-state index contributed by atoms with van der Waals surface area (Å²) >= 11 is 5.40. The van der Waals surface area contributed by atoms with Gasteiger partial charge in [-0.3, -0.25) is 4.90 Å². The van der Waals surface area contributed by atoms with E-state index in [1.54, 1.807) is 0 Å². The Bertz CT molecular complexity index is 455. The molecule has 1 aromatic rings. The predicted octanol–water partition coefficient (Wildman–Crippen LogP) is 2.07. The molecule has 2 rings (SSSR count). The van der Waals surface area contributed by atoms with Crippen molar-refractivity contribution in [2.24, 2.45) is 0 Å². The summed E-state index contributed by atoms with van der Waals surface area (Å²) in [6.07, 6.45) is 3.43. The average molecular weight is 335 g/mol. The summed E-state index contributed by atoms with van der Waals surface area (Å²) in [5.74, 6) is 0. The number of piperidine rings is 1. The second-order valence-corrected chi connectivity index (χ2v) is 7.00. The van der Waals surface area contributed by atoms with Crippen LogP contribution in [0.1, 0.15) is 24.8 Å². The Balaban J connectivity index is 1.60. The molecule has 1 heterocycles. The summed E-state index contributed by atoms with van der Waals surface area (Å²) < 4.78 is 0. The second-order valence-electron chi connectivity index (χ2n) is 6.59. The molecule has 0 spiro atoms. The van der Waals surface area contributed by atoms with Gasteiger partial charge >= 0.3 is 0 Å². The van der Waals surface area contributed by atoms with Crippen LogP contribution in [0.15, 0.2) is 30.3 Å². The normalized spacial score (nSPS) is 16.5. The first-order chi connectivity index (χ1) is 11.1. The Morgan fingerprint density at radius 2 is 1.91 bits per heavy atom. The zero-order chi connectivity index (χ0) is 16.5. The van der Waals surface area contributed by atoms with Gasteiger partial charge in [0.2, 0.25) is 0 Å². The Morgan fingerprint density at radius 1 is 1.22 bits per heavy atom. The molecular formula is C18H30N4S. The number of nitrogens with one attached hydrogen (secondary N) is 2. The van der Waals surface area contributed by atoms with Gasteiger partial charge in [0.1, 0.15) is 0 Å². The van der Waals surface area contributed by atoms with Crippen molar-refractivity contribution < 1.29 is 0 Å². The third-order valence-electron chi connectivity index (χ3n) is 4.24. The molecule has 128 valence electrons. The first kappa shape index (κ1) is 18.2. The van der Waals surface area contributed by atoms with Crippen molar-refractivity contribution in [3.05, 3.63) is 35.9 Å². The highest BCUT2D eigenvalue weighted by Gasteiger charge is 2.19. The van der Waals surface area contributed by atoms with Gasteiger partial charge in [-0.05, 0) is 57.7 Å². The molecule has 0 aliphatic carbocycles. The van der Waals surface area contributed by atoms with Crippen LogP contribution in [0.4, 0.5) is 0 Å². The van der Waals surface area contributed by atoms with E-state index in [0.717, 1.165) is 57.1 Å². The second kappa shape index (κ2) is 9.85. The molecule has 0 aromatic heterocycles. The number of benzene rings is 1. The third-order valence-corrected chi connectivity index (χ3v) is 4.50. The van der Waals surface area contributed by atoms with E-state index >= 15 is 0 Å². The number of hydrogen-bond donors (Lipinski definition) is 2. The Labute approximate surface area is 146 Å². The molecule has 0 unspecified atom stereocenters. The van der Waals surface area contributed by atoms with Crippen LogP contribution in [0.25, 0.3) is 0 Å². The molecule has 2 N–H and O–H groups in total. The van der Waals surface area contributed by atoms with E-state index in [0.29, 0.717) is 6.04 Å². The van der Waals surface area contributed by atoms with Gasteiger partial charge in [0.15, 0.2) is 5.11 Å². The fourth-order valence-electron chi connectivity index (χ4n) is 2.91. The van der Waals surface area contributed by atoms with Crippen molar-refractivity contribution in [2.45, 2.75) is 31.8 Å². The molecule has 1 fully saturated rings. The van der Waals surface area contributed by atoms with Gasteiger partial charge in [-0.1, -0.05) is 30.3 Å². The summed E-state index contributed by atoms with van der Waals surface area (Å²) in [5, 5.41) is 7.60. The molecule has 4 nitrogen and oxygen atoms in total. The molecule has 0 atom stereocenters. The van der Waals surface area contributed by atoms with E-state index in [4.69, 9.17) is 12.2 Å². The van der Waals surface area contributed by atoms with Crippen LogP contribution in [-0.2, 0) is 6.54 Å². The lowest BCUT2D eigenvalue weighted by Crippen LogP contribution is -2.47. The minimum Gasteiger partial charge on any atom is -0.363 e. The fraction of sp³-hybridized carbons (Fsp3) is 0.611. The lowest BCUT2D eigenvalue weighted by Gasteiger charge is -2.33. The van der Waals surface area contributed by atoms with Crippen LogP contribution in [0, 0.1) is 0 Å². The maximum Gasteiger partial charge on any atom is 0.166 e. The first-order valence-electron chi connectivity index (χ1n) is 8.59. The van der Waals surface area contributed by atoms with E-state index in [2.05, 4.69) is 64.9 Å². The van der Waals surface area contributed by atoms with Crippen molar-refractivity contribution in [3.63, 3.8) is 0 Å². The number of hydrogen-bond acceptors (Lipinski definition) is 3. The molecular weight excluding hydrogens is 304 g/mol. The van der Waals surface area contributed by atoms with Gasteiger partial charge in [0, 0.05) is 32.2 Å². The Hall–Kier alpha value is -1.17. The zero-order valence-corrected chi connectivity index (χ0v) is 15.2.